The summed E-state index contributed by atoms with van der Waals surface area (Å²) in [6, 6.07) is 0.265. The van der Waals surface area contributed by atoms with Crippen molar-refractivity contribution in [1.29, 1.82) is 0 Å². The van der Waals surface area contributed by atoms with Crippen LogP contribution in [0.4, 0.5) is 5.69 Å². The van der Waals surface area contributed by atoms with Crippen LogP contribution in [0.3, 0.4) is 0 Å². The standard InChI is InChI=1S/C12H21ClN4O/c1-5-9(2)15-10-8-14-17(7-6-16(3)4)12(18)11(10)13/h8-9,15H,5-7H2,1-4H3. The van der Waals surface area contributed by atoms with Crippen molar-refractivity contribution in [2.45, 2.75) is 32.9 Å². The first-order valence-electron chi connectivity index (χ1n) is 6.12. The molecule has 5 nitrogen and oxygen atoms in total. The van der Waals surface area contributed by atoms with Crippen LogP contribution >= 0.6 is 11.6 Å². The normalized spacial score (nSPS) is 12.8. The molecule has 1 atom stereocenters. The van der Waals surface area contributed by atoms with Crippen LogP contribution in [-0.4, -0.2) is 41.4 Å². The molecule has 1 unspecified atom stereocenters. The van der Waals surface area contributed by atoms with E-state index in [1.165, 1.54) is 4.68 Å². The molecular formula is C12H21ClN4O. The molecule has 0 aliphatic carbocycles. The van der Waals surface area contributed by atoms with Gasteiger partial charge in [0.15, 0.2) is 0 Å². The van der Waals surface area contributed by atoms with E-state index in [0.717, 1.165) is 13.0 Å². The third kappa shape index (κ3) is 3.99. The van der Waals surface area contributed by atoms with Crippen molar-refractivity contribution in [3.63, 3.8) is 0 Å². The van der Waals surface area contributed by atoms with Gasteiger partial charge in [0, 0.05) is 12.6 Å². The molecule has 0 aliphatic rings. The molecule has 1 aromatic heterocycles. The maximum absolute atomic E-state index is 12.0. The Labute approximate surface area is 113 Å². The van der Waals surface area contributed by atoms with Gasteiger partial charge < -0.3 is 10.2 Å². The van der Waals surface area contributed by atoms with Gasteiger partial charge in [-0.15, -0.1) is 0 Å². The number of hydrogen-bond acceptors (Lipinski definition) is 4. The highest BCUT2D eigenvalue weighted by atomic mass is 35.5. The Hall–Kier alpha value is -1.07. The van der Waals surface area contributed by atoms with Crippen molar-refractivity contribution < 1.29 is 0 Å². The Morgan fingerprint density at radius 2 is 2.22 bits per heavy atom. The molecule has 0 aromatic carbocycles. The summed E-state index contributed by atoms with van der Waals surface area (Å²) >= 11 is 6.07. The smallest absolute Gasteiger partial charge is 0.287 e. The Balaban J connectivity index is 2.88. The van der Waals surface area contributed by atoms with Gasteiger partial charge in [-0.05, 0) is 27.4 Å². The summed E-state index contributed by atoms with van der Waals surface area (Å²) in [5.41, 5.74) is 0.365. The molecule has 0 spiro atoms. The summed E-state index contributed by atoms with van der Waals surface area (Å²) in [4.78, 5) is 14.0. The lowest BCUT2D eigenvalue weighted by molar-refractivity contribution is 0.367. The van der Waals surface area contributed by atoms with Crippen molar-refractivity contribution in [2.75, 3.05) is 26.0 Å². The lowest BCUT2D eigenvalue weighted by atomic mass is 10.2. The molecular weight excluding hydrogens is 252 g/mol. The molecule has 0 fully saturated rings. The monoisotopic (exact) mass is 272 g/mol. The summed E-state index contributed by atoms with van der Waals surface area (Å²) in [5.74, 6) is 0. The van der Waals surface area contributed by atoms with Gasteiger partial charge in [0.05, 0.1) is 18.4 Å². The molecule has 1 heterocycles. The van der Waals surface area contributed by atoms with Crippen LogP contribution < -0.4 is 10.9 Å². The minimum absolute atomic E-state index is 0.212. The predicted molar refractivity (Wildman–Crippen MR) is 75.4 cm³/mol. The van der Waals surface area contributed by atoms with Crippen molar-refractivity contribution in [3.8, 4) is 0 Å². The largest absolute Gasteiger partial charge is 0.380 e. The summed E-state index contributed by atoms with van der Waals surface area (Å²) < 4.78 is 1.39. The van der Waals surface area contributed by atoms with Gasteiger partial charge in [-0.1, -0.05) is 18.5 Å². The Bertz CT molecular complexity index is 444. The Morgan fingerprint density at radius 1 is 1.56 bits per heavy atom. The number of nitrogens with one attached hydrogen (secondary N) is 1. The number of hydrogen-bond donors (Lipinski definition) is 1. The van der Waals surface area contributed by atoms with E-state index in [4.69, 9.17) is 11.6 Å². The molecule has 6 heteroatoms. The maximum atomic E-state index is 12.0. The third-order valence-corrected chi connectivity index (χ3v) is 3.12. The van der Waals surface area contributed by atoms with Crippen LogP contribution in [0, 0.1) is 0 Å². The molecule has 0 saturated carbocycles. The molecule has 102 valence electrons. The van der Waals surface area contributed by atoms with Crippen LogP contribution in [0.2, 0.25) is 5.02 Å². The van der Waals surface area contributed by atoms with Gasteiger partial charge in [-0.3, -0.25) is 4.79 Å². The fourth-order valence-corrected chi connectivity index (χ4v) is 1.59. The Kier molecular flexibility index (Phi) is 5.62. The predicted octanol–water partition coefficient (Wildman–Crippen LogP) is 1.67. The molecule has 0 aliphatic heterocycles. The van der Waals surface area contributed by atoms with Crippen molar-refractivity contribution in [2.24, 2.45) is 0 Å². The highest BCUT2D eigenvalue weighted by Crippen LogP contribution is 2.16. The van der Waals surface area contributed by atoms with Gasteiger partial charge in [-0.25, -0.2) is 4.68 Å². The fourth-order valence-electron chi connectivity index (χ4n) is 1.39. The van der Waals surface area contributed by atoms with Crippen LogP contribution in [0.15, 0.2) is 11.0 Å². The first kappa shape index (κ1) is 15.0. The van der Waals surface area contributed by atoms with E-state index in [-0.39, 0.29) is 16.6 Å². The van der Waals surface area contributed by atoms with Gasteiger partial charge in [0.2, 0.25) is 0 Å². The number of rotatable bonds is 6. The second-order valence-electron chi connectivity index (χ2n) is 4.66. The topological polar surface area (TPSA) is 50.2 Å². The second-order valence-corrected chi connectivity index (χ2v) is 5.04. The lowest BCUT2D eigenvalue weighted by Gasteiger charge is -2.15. The summed E-state index contributed by atoms with van der Waals surface area (Å²) in [6.45, 7) is 5.39. The van der Waals surface area contributed by atoms with Crippen LogP contribution in [0.25, 0.3) is 0 Å². The molecule has 0 radical (unpaired) electrons. The average molecular weight is 273 g/mol. The van der Waals surface area contributed by atoms with E-state index >= 15 is 0 Å². The quantitative estimate of drug-likeness (QED) is 0.856. The molecule has 1 rings (SSSR count). The third-order valence-electron chi connectivity index (χ3n) is 2.76. The second kappa shape index (κ2) is 6.75. The van der Waals surface area contributed by atoms with E-state index in [0.29, 0.717) is 12.2 Å². The van der Waals surface area contributed by atoms with Crippen molar-refractivity contribution >= 4 is 17.3 Å². The van der Waals surface area contributed by atoms with Gasteiger partial charge in [0.25, 0.3) is 5.56 Å². The van der Waals surface area contributed by atoms with E-state index < -0.39 is 0 Å². The van der Waals surface area contributed by atoms with Gasteiger partial charge in [-0.2, -0.15) is 5.10 Å². The molecule has 0 bridgehead atoms. The van der Waals surface area contributed by atoms with E-state index in [2.05, 4.69) is 17.3 Å². The summed E-state index contributed by atoms with van der Waals surface area (Å²) in [7, 11) is 3.90. The van der Waals surface area contributed by atoms with Crippen molar-refractivity contribution in [3.05, 3.63) is 21.6 Å². The molecule has 0 amide bonds. The Morgan fingerprint density at radius 3 is 2.78 bits per heavy atom. The minimum atomic E-state index is -0.244. The lowest BCUT2D eigenvalue weighted by Crippen LogP contribution is -2.29. The molecule has 1 N–H and O–H groups in total. The number of halogens is 1. The van der Waals surface area contributed by atoms with E-state index in [1.54, 1.807) is 6.20 Å². The first-order chi connectivity index (χ1) is 8.45. The molecule has 18 heavy (non-hydrogen) atoms. The SMILES string of the molecule is CCC(C)Nc1cnn(CCN(C)C)c(=O)c1Cl. The maximum Gasteiger partial charge on any atom is 0.287 e. The van der Waals surface area contributed by atoms with Gasteiger partial charge >= 0.3 is 0 Å². The van der Waals surface area contributed by atoms with E-state index in [1.807, 2.05) is 25.9 Å². The summed E-state index contributed by atoms with van der Waals surface area (Å²) in [5, 5.41) is 7.52. The van der Waals surface area contributed by atoms with Crippen LogP contribution in [-0.2, 0) is 6.54 Å². The first-order valence-corrected chi connectivity index (χ1v) is 6.50. The zero-order chi connectivity index (χ0) is 13.7. The number of aromatic nitrogens is 2. The zero-order valence-electron chi connectivity index (χ0n) is 11.4. The molecule has 1 aromatic rings. The zero-order valence-corrected chi connectivity index (χ0v) is 12.2. The van der Waals surface area contributed by atoms with Crippen molar-refractivity contribution in [1.82, 2.24) is 14.7 Å². The van der Waals surface area contributed by atoms with Crippen LogP contribution in [0.1, 0.15) is 20.3 Å². The average Bonchev–Trinajstić information content (AvgIpc) is 2.33. The minimum Gasteiger partial charge on any atom is -0.380 e. The summed E-state index contributed by atoms with van der Waals surface area (Å²) in [6.07, 6.45) is 2.57. The highest BCUT2D eigenvalue weighted by molar-refractivity contribution is 6.32. The fraction of sp³-hybridized carbons (Fsp3) is 0.667. The highest BCUT2D eigenvalue weighted by Gasteiger charge is 2.10. The number of nitrogens with zero attached hydrogens (tertiary/aromatic N) is 3. The number of likely N-dealkylation sites (N-methyl/N-ethyl adjacent to an activating group) is 1. The molecule has 0 saturated heterocycles. The number of anilines is 1. The van der Waals surface area contributed by atoms with Gasteiger partial charge in [0.1, 0.15) is 5.02 Å². The van der Waals surface area contributed by atoms with Crippen LogP contribution in [0.5, 0.6) is 0 Å². The van der Waals surface area contributed by atoms with E-state index in [9.17, 15) is 4.79 Å².